The lowest BCUT2D eigenvalue weighted by Crippen LogP contribution is -2.55. The second-order valence-electron chi connectivity index (χ2n) is 6.69. The van der Waals surface area contributed by atoms with E-state index in [1.807, 2.05) is 0 Å². The molecule has 1 fully saturated rings. The van der Waals surface area contributed by atoms with Crippen molar-refractivity contribution < 1.29 is 38.1 Å². The molecule has 0 bridgehead atoms. The molecule has 3 heterocycles. The van der Waals surface area contributed by atoms with Crippen LogP contribution in [0.3, 0.4) is 0 Å². The van der Waals surface area contributed by atoms with Crippen LogP contribution < -0.4 is 4.74 Å². The minimum atomic E-state index is -1.13. The largest absolute Gasteiger partial charge is 0.486 e. The highest BCUT2D eigenvalue weighted by atomic mass is 16.6. The normalized spacial score (nSPS) is 22.9. The van der Waals surface area contributed by atoms with E-state index in [4.69, 9.17) is 23.7 Å². The molecular weight excluding hydrogens is 412 g/mol. The lowest BCUT2D eigenvalue weighted by Gasteiger charge is -2.40. The van der Waals surface area contributed by atoms with E-state index in [1.165, 1.54) is 25.5 Å². The van der Waals surface area contributed by atoms with Gasteiger partial charge >= 0.3 is 17.9 Å². The van der Waals surface area contributed by atoms with Gasteiger partial charge in [-0.05, 0) is 12.1 Å². The van der Waals surface area contributed by atoms with Gasteiger partial charge in [-0.15, -0.1) is 5.10 Å². The first kappa shape index (κ1) is 22.2. The van der Waals surface area contributed by atoms with Gasteiger partial charge in [-0.3, -0.25) is 19.4 Å². The van der Waals surface area contributed by atoms with E-state index in [2.05, 4.69) is 15.3 Å². The molecule has 2 aromatic rings. The third-order valence-electron chi connectivity index (χ3n) is 4.16. The van der Waals surface area contributed by atoms with Gasteiger partial charge in [0.1, 0.15) is 18.1 Å². The quantitative estimate of drug-likeness (QED) is 0.446. The number of ether oxygens (including phenoxy) is 5. The van der Waals surface area contributed by atoms with Gasteiger partial charge in [0.2, 0.25) is 0 Å². The fraction of sp³-hybridized carbons (Fsp3) is 0.474. The molecule has 0 N–H and O–H groups in total. The van der Waals surface area contributed by atoms with Crippen LogP contribution in [0.4, 0.5) is 0 Å². The van der Waals surface area contributed by atoms with E-state index in [0.717, 1.165) is 0 Å². The summed E-state index contributed by atoms with van der Waals surface area (Å²) in [6.45, 7) is 3.61. The zero-order chi connectivity index (χ0) is 22.4. The summed E-state index contributed by atoms with van der Waals surface area (Å²) < 4.78 is 28.5. The molecular formula is C19H22N4O8. The number of nitrogens with zero attached hydrogens (tertiary/aromatic N) is 4. The first-order valence-electron chi connectivity index (χ1n) is 9.40. The van der Waals surface area contributed by atoms with Gasteiger partial charge in [0.05, 0.1) is 19.0 Å². The van der Waals surface area contributed by atoms with Gasteiger partial charge in [0.15, 0.2) is 24.5 Å². The Hall–Kier alpha value is -3.54. The number of carbonyl (C=O) groups is 3. The maximum atomic E-state index is 11.7. The van der Waals surface area contributed by atoms with Crippen LogP contribution in [-0.2, 0) is 39.9 Å². The first-order chi connectivity index (χ1) is 14.8. The second kappa shape index (κ2) is 9.98. The Morgan fingerprint density at radius 1 is 1.10 bits per heavy atom. The van der Waals surface area contributed by atoms with E-state index in [0.29, 0.717) is 11.4 Å². The molecule has 1 saturated heterocycles. The van der Waals surface area contributed by atoms with Crippen LogP contribution >= 0.6 is 0 Å². The van der Waals surface area contributed by atoms with Gasteiger partial charge in [-0.25, -0.2) is 4.68 Å². The Kier molecular flexibility index (Phi) is 7.13. The van der Waals surface area contributed by atoms with E-state index in [1.54, 1.807) is 30.7 Å². The fourth-order valence-corrected chi connectivity index (χ4v) is 3.04. The van der Waals surface area contributed by atoms with E-state index in [-0.39, 0.29) is 13.2 Å². The van der Waals surface area contributed by atoms with Crippen molar-refractivity contribution in [1.29, 1.82) is 0 Å². The molecule has 0 aliphatic carbocycles. The number of hydrogen-bond donors (Lipinski definition) is 0. The molecule has 4 atom stereocenters. The lowest BCUT2D eigenvalue weighted by atomic mass is 10.0. The van der Waals surface area contributed by atoms with Crippen molar-refractivity contribution in [3.05, 3.63) is 36.4 Å². The summed E-state index contributed by atoms with van der Waals surface area (Å²) in [5.74, 6) is -1.31. The zero-order valence-electron chi connectivity index (χ0n) is 17.2. The summed E-state index contributed by atoms with van der Waals surface area (Å²) in [4.78, 5) is 38.8. The van der Waals surface area contributed by atoms with Crippen LogP contribution in [0.15, 0.2) is 30.7 Å². The number of rotatable bonds is 7. The maximum absolute atomic E-state index is 11.7. The molecule has 3 rings (SSSR count). The summed E-state index contributed by atoms with van der Waals surface area (Å²) in [6, 6.07) is 3.48. The minimum Gasteiger partial charge on any atom is -0.486 e. The number of esters is 3. The fourth-order valence-electron chi connectivity index (χ4n) is 3.04. The van der Waals surface area contributed by atoms with Gasteiger partial charge in [0.25, 0.3) is 0 Å². The van der Waals surface area contributed by atoms with Crippen LogP contribution in [-0.4, -0.2) is 62.8 Å². The van der Waals surface area contributed by atoms with Crippen LogP contribution in [0.1, 0.15) is 32.7 Å². The molecule has 0 spiro atoms. The summed E-state index contributed by atoms with van der Waals surface area (Å²) in [5.41, 5.74) is 0.472. The Morgan fingerprint density at radius 3 is 2.45 bits per heavy atom. The standard InChI is InChI=1S/C19H22N4O8/c1-11(24)29-16-10-28-19(18(31-13(3)26)17(16)30-12(2)25)23-8-14(21-22-23)9-27-15-5-4-6-20-7-15/h4-8,16-19H,9-10H2,1-3H3/t16-,17+,18-,19+/m1/s1. The Morgan fingerprint density at radius 2 is 1.81 bits per heavy atom. The van der Waals surface area contributed by atoms with Crippen molar-refractivity contribution in [1.82, 2.24) is 20.0 Å². The average molecular weight is 434 g/mol. The summed E-state index contributed by atoms with van der Waals surface area (Å²) in [6.07, 6.45) is 0.579. The van der Waals surface area contributed by atoms with Crippen molar-refractivity contribution in [3.8, 4) is 5.75 Å². The van der Waals surface area contributed by atoms with E-state index >= 15 is 0 Å². The topological polar surface area (TPSA) is 141 Å². The molecule has 0 saturated carbocycles. The monoisotopic (exact) mass is 434 g/mol. The van der Waals surface area contributed by atoms with Crippen LogP contribution in [0.2, 0.25) is 0 Å². The van der Waals surface area contributed by atoms with E-state index in [9.17, 15) is 14.4 Å². The van der Waals surface area contributed by atoms with Crippen LogP contribution in [0.25, 0.3) is 0 Å². The van der Waals surface area contributed by atoms with E-state index < -0.39 is 42.4 Å². The Bertz CT molecular complexity index is 919. The number of aromatic nitrogens is 4. The predicted molar refractivity (Wildman–Crippen MR) is 100 cm³/mol. The van der Waals surface area contributed by atoms with Crippen molar-refractivity contribution in [2.24, 2.45) is 0 Å². The number of carbonyl (C=O) groups excluding carboxylic acids is 3. The van der Waals surface area contributed by atoms with Gasteiger partial charge in [-0.2, -0.15) is 0 Å². The highest BCUT2D eigenvalue weighted by molar-refractivity contribution is 5.68. The van der Waals surface area contributed by atoms with Crippen LogP contribution in [0, 0.1) is 0 Å². The number of pyridine rings is 1. The molecule has 0 radical (unpaired) electrons. The van der Waals surface area contributed by atoms with Gasteiger partial charge in [-0.1, -0.05) is 5.21 Å². The molecule has 0 aromatic carbocycles. The summed E-state index contributed by atoms with van der Waals surface area (Å²) in [7, 11) is 0. The SMILES string of the molecule is CC(=O)O[C@@H]1[C@@H](OC(C)=O)[C@@H](n2cc(COc3cccnc3)nn2)OC[C@H]1OC(C)=O. The van der Waals surface area contributed by atoms with Gasteiger partial charge in [0, 0.05) is 27.0 Å². The molecule has 166 valence electrons. The van der Waals surface area contributed by atoms with Crippen molar-refractivity contribution in [2.75, 3.05) is 6.61 Å². The molecule has 12 nitrogen and oxygen atoms in total. The van der Waals surface area contributed by atoms with Crippen molar-refractivity contribution in [3.63, 3.8) is 0 Å². The molecule has 1 aliphatic heterocycles. The van der Waals surface area contributed by atoms with Crippen molar-refractivity contribution >= 4 is 17.9 Å². The average Bonchev–Trinajstić information content (AvgIpc) is 3.17. The first-order valence-corrected chi connectivity index (χ1v) is 9.40. The lowest BCUT2D eigenvalue weighted by molar-refractivity contribution is -0.241. The highest BCUT2D eigenvalue weighted by Gasteiger charge is 2.48. The molecule has 0 amide bonds. The maximum Gasteiger partial charge on any atom is 0.303 e. The third-order valence-corrected chi connectivity index (χ3v) is 4.16. The Balaban J connectivity index is 1.79. The summed E-state index contributed by atoms with van der Waals surface area (Å²) >= 11 is 0. The van der Waals surface area contributed by atoms with Crippen LogP contribution in [0.5, 0.6) is 5.75 Å². The Labute approximate surface area is 177 Å². The minimum absolute atomic E-state index is 0.110. The third kappa shape index (κ3) is 5.98. The predicted octanol–water partition coefficient (Wildman–Crippen LogP) is 0.576. The molecule has 31 heavy (non-hydrogen) atoms. The number of hydrogen-bond acceptors (Lipinski definition) is 11. The smallest absolute Gasteiger partial charge is 0.303 e. The summed E-state index contributed by atoms with van der Waals surface area (Å²) in [5, 5.41) is 8.04. The molecule has 12 heteroatoms. The molecule has 0 unspecified atom stereocenters. The molecule has 2 aromatic heterocycles. The van der Waals surface area contributed by atoms with Gasteiger partial charge < -0.3 is 23.7 Å². The second-order valence-corrected chi connectivity index (χ2v) is 6.69. The highest BCUT2D eigenvalue weighted by Crippen LogP contribution is 2.30. The zero-order valence-corrected chi connectivity index (χ0v) is 17.2. The molecule has 1 aliphatic rings. The van der Waals surface area contributed by atoms with Crippen molar-refractivity contribution in [2.45, 2.75) is 51.9 Å².